The zero-order valence-electron chi connectivity index (χ0n) is 10.7. The van der Waals surface area contributed by atoms with Crippen molar-refractivity contribution < 1.29 is 9.90 Å². The highest BCUT2D eigenvalue weighted by molar-refractivity contribution is 5.97. The first-order valence-electron chi connectivity index (χ1n) is 6.31. The molecule has 2 aromatic rings. The number of fused-ring (bicyclic) bond motifs is 1. The van der Waals surface area contributed by atoms with E-state index in [9.17, 15) is 9.90 Å². The van der Waals surface area contributed by atoms with Gasteiger partial charge in [-0.2, -0.15) is 0 Å². The van der Waals surface area contributed by atoms with Crippen LogP contribution in [0.4, 0.5) is 5.69 Å². The highest BCUT2D eigenvalue weighted by Gasteiger charge is 2.30. The number of benzene rings is 2. The molecule has 96 valence electrons. The molecule has 1 amide bonds. The number of carbonyl (C=O) groups is 1. The summed E-state index contributed by atoms with van der Waals surface area (Å²) >= 11 is 0. The van der Waals surface area contributed by atoms with Gasteiger partial charge in [-0.1, -0.05) is 30.3 Å². The van der Waals surface area contributed by atoms with Gasteiger partial charge in [0.1, 0.15) is 5.75 Å². The summed E-state index contributed by atoms with van der Waals surface area (Å²) in [7, 11) is 1.78. The van der Waals surface area contributed by atoms with Gasteiger partial charge in [0, 0.05) is 25.1 Å². The number of phenolic OH excluding ortho intramolecular Hbond substituents is 1. The van der Waals surface area contributed by atoms with Crippen molar-refractivity contribution >= 4 is 11.6 Å². The third kappa shape index (κ3) is 1.97. The predicted octanol–water partition coefficient (Wildman–Crippen LogP) is 2.89. The van der Waals surface area contributed by atoms with E-state index in [2.05, 4.69) is 0 Å². The number of nitrogens with zero attached hydrogens (tertiary/aromatic N) is 1. The molecule has 0 radical (unpaired) electrons. The summed E-state index contributed by atoms with van der Waals surface area (Å²) in [4.78, 5) is 13.7. The summed E-state index contributed by atoms with van der Waals surface area (Å²) in [5, 5.41) is 9.70. The molecule has 19 heavy (non-hydrogen) atoms. The largest absolute Gasteiger partial charge is 0.508 e. The molecule has 1 unspecified atom stereocenters. The molecular weight excluding hydrogens is 238 g/mol. The molecule has 1 N–H and O–H groups in total. The maximum absolute atomic E-state index is 12.1. The van der Waals surface area contributed by atoms with E-state index in [4.69, 9.17) is 0 Å². The monoisotopic (exact) mass is 253 g/mol. The fraction of sp³-hybridized carbons (Fsp3) is 0.188. The molecule has 0 bridgehead atoms. The molecule has 1 aliphatic rings. The Kier molecular flexibility index (Phi) is 2.75. The zero-order chi connectivity index (χ0) is 13.4. The van der Waals surface area contributed by atoms with Crippen LogP contribution in [0.5, 0.6) is 5.75 Å². The summed E-state index contributed by atoms with van der Waals surface area (Å²) in [6.07, 6.45) is 0.441. The van der Waals surface area contributed by atoms with Crippen LogP contribution in [0.1, 0.15) is 23.5 Å². The Morgan fingerprint density at radius 3 is 2.63 bits per heavy atom. The van der Waals surface area contributed by atoms with E-state index in [1.54, 1.807) is 30.1 Å². The molecule has 1 atom stereocenters. The van der Waals surface area contributed by atoms with Crippen LogP contribution < -0.4 is 4.90 Å². The third-order valence-corrected chi connectivity index (χ3v) is 3.70. The van der Waals surface area contributed by atoms with Crippen LogP contribution in [0, 0.1) is 0 Å². The summed E-state index contributed by atoms with van der Waals surface area (Å²) in [5.74, 6) is 0.362. The summed E-state index contributed by atoms with van der Waals surface area (Å²) < 4.78 is 0. The molecule has 2 aromatic carbocycles. The van der Waals surface area contributed by atoms with Crippen molar-refractivity contribution in [3.05, 3.63) is 59.7 Å². The van der Waals surface area contributed by atoms with Gasteiger partial charge in [-0.05, 0) is 29.3 Å². The van der Waals surface area contributed by atoms with Crippen LogP contribution in [0.25, 0.3) is 0 Å². The number of hydrogen-bond donors (Lipinski definition) is 1. The van der Waals surface area contributed by atoms with Gasteiger partial charge in [-0.25, -0.2) is 0 Å². The van der Waals surface area contributed by atoms with E-state index in [1.807, 2.05) is 30.3 Å². The quantitative estimate of drug-likeness (QED) is 0.849. The number of amides is 1. The molecular formula is C16H15NO2. The van der Waals surface area contributed by atoms with Crippen molar-refractivity contribution in [1.82, 2.24) is 0 Å². The van der Waals surface area contributed by atoms with Gasteiger partial charge in [-0.3, -0.25) is 4.79 Å². The minimum Gasteiger partial charge on any atom is -0.508 e. The van der Waals surface area contributed by atoms with E-state index in [1.165, 1.54) is 0 Å². The second kappa shape index (κ2) is 4.43. The first kappa shape index (κ1) is 11.8. The number of carbonyl (C=O) groups excluding carboxylic acids is 1. The lowest BCUT2D eigenvalue weighted by Crippen LogP contribution is -2.33. The van der Waals surface area contributed by atoms with Gasteiger partial charge in [0.05, 0.1) is 0 Å². The van der Waals surface area contributed by atoms with Crippen molar-refractivity contribution in [2.24, 2.45) is 0 Å². The topological polar surface area (TPSA) is 40.5 Å². The maximum Gasteiger partial charge on any atom is 0.227 e. The number of anilines is 1. The number of phenols is 1. The third-order valence-electron chi connectivity index (χ3n) is 3.70. The van der Waals surface area contributed by atoms with Gasteiger partial charge in [0.2, 0.25) is 5.91 Å². The van der Waals surface area contributed by atoms with E-state index in [0.29, 0.717) is 6.42 Å². The summed E-state index contributed by atoms with van der Waals surface area (Å²) in [5.41, 5.74) is 2.99. The Bertz CT molecular complexity index is 622. The van der Waals surface area contributed by atoms with Crippen molar-refractivity contribution in [2.45, 2.75) is 12.3 Å². The molecule has 0 aliphatic carbocycles. The Morgan fingerprint density at radius 1 is 1.16 bits per heavy atom. The molecule has 0 spiro atoms. The van der Waals surface area contributed by atoms with Crippen LogP contribution in [0.2, 0.25) is 0 Å². The number of rotatable bonds is 1. The molecule has 3 nitrogen and oxygen atoms in total. The highest BCUT2D eigenvalue weighted by Crippen LogP contribution is 2.40. The minimum atomic E-state index is 0.0204. The lowest BCUT2D eigenvalue weighted by Gasteiger charge is -2.32. The average molecular weight is 253 g/mol. The smallest absolute Gasteiger partial charge is 0.227 e. The first-order chi connectivity index (χ1) is 9.16. The molecule has 0 saturated carbocycles. The summed E-state index contributed by atoms with van der Waals surface area (Å²) in [6.45, 7) is 0. The van der Waals surface area contributed by atoms with Crippen molar-refractivity contribution in [3.63, 3.8) is 0 Å². The molecule has 0 fully saturated rings. The molecule has 1 heterocycles. The highest BCUT2D eigenvalue weighted by atomic mass is 16.3. The van der Waals surface area contributed by atoms with Crippen molar-refractivity contribution in [1.29, 1.82) is 0 Å². The number of aromatic hydroxyl groups is 1. The Morgan fingerprint density at radius 2 is 1.89 bits per heavy atom. The first-order valence-corrected chi connectivity index (χ1v) is 6.31. The molecule has 1 aliphatic heterocycles. The van der Waals surface area contributed by atoms with Gasteiger partial charge in [-0.15, -0.1) is 0 Å². The maximum atomic E-state index is 12.1. The van der Waals surface area contributed by atoms with Crippen LogP contribution in [-0.4, -0.2) is 18.1 Å². The van der Waals surface area contributed by atoms with Crippen LogP contribution >= 0.6 is 0 Å². The predicted molar refractivity (Wildman–Crippen MR) is 74.4 cm³/mol. The van der Waals surface area contributed by atoms with E-state index < -0.39 is 0 Å². The van der Waals surface area contributed by atoms with E-state index in [-0.39, 0.29) is 17.6 Å². The van der Waals surface area contributed by atoms with Crippen LogP contribution in [-0.2, 0) is 4.79 Å². The molecule has 0 saturated heterocycles. The molecule has 0 aromatic heterocycles. The Balaban J connectivity index is 2.15. The molecule has 3 rings (SSSR count). The van der Waals surface area contributed by atoms with E-state index in [0.717, 1.165) is 16.8 Å². The zero-order valence-corrected chi connectivity index (χ0v) is 10.7. The lowest BCUT2D eigenvalue weighted by atomic mass is 9.84. The average Bonchev–Trinajstić information content (AvgIpc) is 2.43. The normalized spacial score (nSPS) is 18.3. The lowest BCUT2D eigenvalue weighted by molar-refractivity contribution is -0.118. The van der Waals surface area contributed by atoms with Gasteiger partial charge in [0.15, 0.2) is 0 Å². The second-order valence-corrected chi connectivity index (χ2v) is 4.86. The summed E-state index contributed by atoms with van der Waals surface area (Å²) in [6, 6.07) is 15.1. The van der Waals surface area contributed by atoms with Crippen LogP contribution in [0.3, 0.4) is 0 Å². The SMILES string of the molecule is CN1C(=O)CC(c2ccccc2)c2cc(O)ccc21. The fourth-order valence-electron chi connectivity index (χ4n) is 2.67. The van der Waals surface area contributed by atoms with Crippen molar-refractivity contribution in [2.75, 3.05) is 11.9 Å². The molecule has 3 heteroatoms. The fourth-order valence-corrected chi connectivity index (χ4v) is 2.67. The van der Waals surface area contributed by atoms with E-state index >= 15 is 0 Å². The Hall–Kier alpha value is -2.29. The van der Waals surface area contributed by atoms with Gasteiger partial charge < -0.3 is 10.0 Å². The van der Waals surface area contributed by atoms with Gasteiger partial charge in [0.25, 0.3) is 0 Å². The Labute approximate surface area is 112 Å². The van der Waals surface area contributed by atoms with Gasteiger partial charge >= 0.3 is 0 Å². The second-order valence-electron chi connectivity index (χ2n) is 4.86. The number of hydrogen-bond acceptors (Lipinski definition) is 2. The van der Waals surface area contributed by atoms with Crippen LogP contribution in [0.15, 0.2) is 48.5 Å². The van der Waals surface area contributed by atoms with Crippen molar-refractivity contribution in [3.8, 4) is 5.75 Å². The minimum absolute atomic E-state index is 0.0204. The standard InChI is InChI=1S/C16H15NO2/c1-17-15-8-7-12(18)9-14(15)13(10-16(17)19)11-5-3-2-4-6-11/h2-9,13,18H,10H2,1H3.